The Kier molecular flexibility index (Phi) is 7.09. The van der Waals surface area contributed by atoms with E-state index in [0.29, 0.717) is 29.6 Å². The number of hydrogen-bond acceptors (Lipinski definition) is 4. The normalized spacial score (nSPS) is 42.7. The Labute approximate surface area is 257 Å². The van der Waals surface area contributed by atoms with Crippen molar-refractivity contribution in [1.82, 2.24) is 0 Å². The molecule has 0 bridgehead atoms. The minimum absolute atomic E-state index is 0.0183. The first-order chi connectivity index (χ1) is 20.2. The van der Waals surface area contributed by atoms with Gasteiger partial charge in [0.05, 0.1) is 18.2 Å². The number of rotatable bonds is 4. The third-order valence-corrected chi connectivity index (χ3v) is 14.6. The van der Waals surface area contributed by atoms with E-state index < -0.39 is 11.8 Å². The third kappa shape index (κ3) is 4.02. The molecule has 5 heteroatoms. The lowest BCUT2D eigenvalue weighted by Gasteiger charge is -2.72. The topological polar surface area (TPSA) is 55.7 Å². The number of aliphatic imine (C=N–C) groups is 1. The van der Waals surface area contributed by atoms with Gasteiger partial charge in [-0.1, -0.05) is 58.9 Å². The average Bonchev–Trinajstić information content (AvgIpc) is 3.33. The van der Waals surface area contributed by atoms with Gasteiger partial charge in [0, 0.05) is 0 Å². The molecule has 0 unspecified atom stereocenters. The number of allylic oxidation sites excluding steroid dienone is 3. The van der Waals surface area contributed by atoms with Crippen LogP contribution in [0.2, 0.25) is 0 Å². The molecule has 0 heterocycles. The highest BCUT2D eigenvalue weighted by atomic mass is 19.1. The summed E-state index contributed by atoms with van der Waals surface area (Å²) in [6.07, 6.45) is 14.3. The second-order valence-corrected chi connectivity index (χ2v) is 16.2. The van der Waals surface area contributed by atoms with Gasteiger partial charge in [-0.15, -0.1) is 0 Å². The number of hydrogen-bond donors (Lipinski definition) is 0. The van der Waals surface area contributed by atoms with E-state index in [9.17, 15) is 9.59 Å². The number of methoxy groups -OCH3 is 1. The molecular formula is C38H50FNO3. The highest BCUT2D eigenvalue weighted by Crippen LogP contribution is 2.77. The van der Waals surface area contributed by atoms with Crippen molar-refractivity contribution in [1.29, 1.82) is 0 Å². The molecule has 4 nitrogen and oxygen atoms in total. The van der Waals surface area contributed by atoms with Gasteiger partial charge in [0.2, 0.25) is 6.08 Å². The summed E-state index contributed by atoms with van der Waals surface area (Å²) < 4.78 is 19.8. The van der Waals surface area contributed by atoms with Crippen LogP contribution in [-0.4, -0.2) is 24.7 Å². The smallest absolute Gasteiger partial charge is 0.340 e. The highest BCUT2D eigenvalue weighted by molar-refractivity contribution is 5.90. The Morgan fingerprint density at radius 3 is 2.40 bits per heavy atom. The van der Waals surface area contributed by atoms with Crippen LogP contribution in [0.1, 0.15) is 115 Å². The summed E-state index contributed by atoms with van der Waals surface area (Å²) in [7, 11) is 1.28. The molecule has 4 fully saturated rings. The zero-order valence-electron chi connectivity index (χ0n) is 27.3. The van der Waals surface area contributed by atoms with Crippen molar-refractivity contribution in [2.24, 2.45) is 56.2 Å². The summed E-state index contributed by atoms with van der Waals surface area (Å²) in [6, 6.07) is 4.98. The molecule has 1 aromatic carbocycles. The van der Waals surface area contributed by atoms with Gasteiger partial charge < -0.3 is 4.74 Å². The molecule has 0 aliphatic heterocycles. The van der Waals surface area contributed by atoms with E-state index in [1.807, 2.05) is 12.1 Å². The van der Waals surface area contributed by atoms with Crippen molar-refractivity contribution in [3.63, 3.8) is 0 Å². The van der Waals surface area contributed by atoms with Gasteiger partial charge in [0.1, 0.15) is 5.82 Å². The lowest BCUT2D eigenvalue weighted by molar-refractivity contribution is -0.217. The van der Waals surface area contributed by atoms with Crippen LogP contribution in [0.3, 0.4) is 0 Å². The van der Waals surface area contributed by atoms with Crippen LogP contribution in [0, 0.1) is 57.1 Å². The van der Waals surface area contributed by atoms with Gasteiger partial charge in [-0.25, -0.2) is 14.0 Å². The predicted molar refractivity (Wildman–Crippen MR) is 168 cm³/mol. The minimum atomic E-state index is -0.644. The van der Waals surface area contributed by atoms with E-state index >= 15 is 4.39 Å². The second-order valence-electron chi connectivity index (χ2n) is 16.2. The van der Waals surface area contributed by atoms with E-state index in [2.05, 4.69) is 59.2 Å². The summed E-state index contributed by atoms with van der Waals surface area (Å²) in [5.41, 5.74) is 3.40. The van der Waals surface area contributed by atoms with Crippen LogP contribution in [-0.2, 0) is 9.53 Å². The first-order valence-electron chi connectivity index (χ1n) is 16.5. The summed E-state index contributed by atoms with van der Waals surface area (Å²) in [4.78, 5) is 28.4. The fourth-order valence-corrected chi connectivity index (χ4v) is 12.5. The molecule has 0 aromatic heterocycles. The van der Waals surface area contributed by atoms with Crippen molar-refractivity contribution in [3.05, 3.63) is 53.4 Å². The van der Waals surface area contributed by atoms with Crippen LogP contribution in [0.15, 0.2) is 41.4 Å². The Morgan fingerprint density at radius 2 is 1.74 bits per heavy atom. The van der Waals surface area contributed by atoms with Gasteiger partial charge in [-0.05, 0) is 139 Å². The lowest BCUT2D eigenvalue weighted by Crippen LogP contribution is -2.66. The maximum atomic E-state index is 15.1. The van der Waals surface area contributed by atoms with Gasteiger partial charge >= 0.3 is 5.97 Å². The zero-order valence-corrected chi connectivity index (χ0v) is 27.3. The number of carbonyl (C=O) groups is 1. The van der Waals surface area contributed by atoms with E-state index in [0.717, 1.165) is 44.1 Å². The summed E-state index contributed by atoms with van der Waals surface area (Å²) in [6.45, 7) is 19.1. The van der Waals surface area contributed by atoms with Crippen molar-refractivity contribution in [3.8, 4) is 0 Å². The maximum absolute atomic E-state index is 15.1. The predicted octanol–water partition coefficient (Wildman–Crippen LogP) is 9.35. The van der Waals surface area contributed by atoms with E-state index in [-0.39, 0.29) is 32.8 Å². The molecule has 232 valence electrons. The number of benzene rings is 1. The van der Waals surface area contributed by atoms with Crippen molar-refractivity contribution in [2.75, 3.05) is 7.11 Å². The Morgan fingerprint density at radius 1 is 1.00 bits per heavy atom. The zero-order chi connectivity index (χ0) is 31.2. The molecular weight excluding hydrogens is 537 g/mol. The molecule has 6 rings (SSSR count). The molecule has 0 radical (unpaired) electrons. The maximum Gasteiger partial charge on any atom is 0.340 e. The van der Waals surface area contributed by atoms with E-state index in [4.69, 9.17) is 4.74 Å². The standard InChI is InChI=1S/C38H50FNO3/c1-23(2)25-13-18-38(40-22-41)20-19-36(6)28(32(25)38)11-12-31-35(5)16-14-27(34(3,4)30(35)15-17-37(31,36)7)24-9-10-26(29(39)21-24)33(42)43-8/h9-10,14,21,25,28,30-32H,1,11-13,15-20H2,2-8H3/t25-,28+,30-,31+,32+,35-,36+,37+,38-/m0/s1. The fraction of sp³-hybridized carbons (Fsp3) is 0.684. The molecule has 43 heavy (non-hydrogen) atoms. The number of halogens is 1. The molecule has 0 N–H and O–H groups in total. The van der Waals surface area contributed by atoms with Crippen LogP contribution < -0.4 is 0 Å². The average molecular weight is 588 g/mol. The largest absolute Gasteiger partial charge is 0.465 e. The number of fused-ring (bicyclic) bond motifs is 7. The van der Waals surface area contributed by atoms with Crippen LogP contribution in [0.25, 0.3) is 5.57 Å². The molecule has 0 saturated heterocycles. The first-order valence-corrected chi connectivity index (χ1v) is 16.5. The fourth-order valence-electron chi connectivity index (χ4n) is 12.5. The first kappa shape index (κ1) is 30.5. The molecule has 4 saturated carbocycles. The van der Waals surface area contributed by atoms with Gasteiger partial charge in [-0.2, -0.15) is 4.99 Å². The van der Waals surface area contributed by atoms with Crippen LogP contribution >= 0.6 is 0 Å². The van der Waals surface area contributed by atoms with Gasteiger partial charge in [0.15, 0.2) is 0 Å². The molecule has 9 atom stereocenters. The van der Waals surface area contributed by atoms with Crippen molar-refractivity contribution < 1.29 is 18.7 Å². The number of nitrogens with zero attached hydrogens (tertiary/aromatic N) is 1. The SMILES string of the molecule is C=C(C)[C@@H]1CC[C@]2(N=C=O)CC[C@]3(C)[C@H](CC[C@@H]4[C@@]5(C)CC=C(c6ccc(C(=O)OC)c(F)c6)C(C)(C)[C@@H]5CC[C@]43C)[C@@H]12. The summed E-state index contributed by atoms with van der Waals surface area (Å²) in [5.74, 6) is 1.23. The molecule has 5 aliphatic rings. The third-order valence-electron chi connectivity index (χ3n) is 14.6. The second kappa shape index (κ2) is 9.99. The Hall–Kier alpha value is -2.52. The van der Waals surface area contributed by atoms with Gasteiger partial charge in [0.25, 0.3) is 0 Å². The van der Waals surface area contributed by atoms with E-state index in [1.165, 1.54) is 43.6 Å². The number of esters is 1. The highest BCUT2D eigenvalue weighted by Gasteiger charge is 2.70. The van der Waals surface area contributed by atoms with E-state index in [1.54, 1.807) is 6.07 Å². The molecule has 5 aliphatic carbocycles. The van der Waals surface area contributed by atoms with Crippen LogP contribution in [0.4, 0.5) is 4.39 Å². The summed E-state index contributed by atoms with van der Waals surface area (Å²) >= 11 is 0. The van der Waals surface area contributed by atoms with Crippen LogP contribution in [0.5, 0.6) is 0 Å². The quantitative estimate of drug-likeness (QED) is 0.153. The minimum Gasteiger partial charge on any atom is -0.465 e. The van der Waals surface area contributed by atoms with Crippen molar-refractivity contribution in [2.45, 2.75) is 105 Å². The number of isocyanates is 1. The van der Waals surface area contributed by atoms with Crippen molar-refractivity contribution >= 4 is 17.6 Å². The van der Waals surface area contributed by atoms with Gasteiger partial charge in [-0.3, -0.25) is 0 Å². The Bertz CT molecular complexity index is 1440. The lowest BCUT2D eigenvalue weighted by atomic mass is 9.33. The summed E-state index contributed by atoms with van der Waals surface area (Å²) in [5, 5.41) is 0. The number of ether oxygens (including phenoxy) is 1. The molecule has 0 amide bonds. The Balaban J connectivity index is 1.37. The monoisotopic (exact) mass is 587 g/mol. The molecule has 0 spiro atoms. The molecule has 1 aromatic rings. The number of carbonyl (C=O) groups excluding carboxylic acids is 2.